The molecular weight excluding hydrogens is 682 g/mol. The van der Waals surface area contributed by atoms with E-state index in [1.807, 2.05) is 6.07 Å². The largest absolute Gasteiger partial charge is 0.490 e. The van der Waals surface area contributed by atoms with Crippen molar-refractivity contribution in [3.63, 3.8) is 0 Å². The van der Waals surface area contributed by atoms with Crippen LogP contribution in [0.4, 0.5) is 4.79 Å². The number of nitrogens with zero attached hydrogens (tertiary/aromatic N) is 2. The fraction of sp³-hybridized carbons (Fsp3) is 0.250. The molecule has 3 aromatic rings. The number of amides is 2. The van der Waals surface area contributed by atoms with Crippen LogP contribution in [0.3, 0.4) is 0 Å². The van der Waals surface area contributed by atoms with Gasteiger partial charge in [-0.05, 0) is 65.7 Å². The molecule has 4 N–H and O–H groups in total. The normalized spacial score (nSPS) is 15.0. The summed E-state index contributed by atoms with van der Waals surface area (Å²) in [6, 6.07) is 16.3. The molecule has 0 saturated carbocycles. The highest BCUT2D eigenvalue weighted by molar-refractivity contribution is 9.10. The molecule has 0 aromatic heterocycles. The maximum absolute atomic E-state index is 12.5. The molecule has 1 aliphatic heterocycles. The fourth-order valence-electron chi connectivity index (χ4n) is 4.55. The summed E-state index contributed by atoms with van der Waals surface area (Å²) >= 11 is 9.71. The van der Waals surface area contributed by atoms with Gasteiger partial charge in [0.15, 0.2) is 17.7 Å². The van der Waals surface area contributed by atoms with Crippen molar-refractivity contribution in [2.45, 2.75) is 32.7 Å². The third-order valence-corrected chi connectivity index (χ3v) is 7.45. The number of halogens is 2. The Morgan fingerprint density at radius 3 is 2.72 bits per heavy atom. The highest BCUT2D eigenvalue weighted by Crippen LogP contribution is 2.35. The molecule has 4 rings (SSSR count). The van der Waals surface area contributed by atoms with Crippen LogP contribution in [-0.2, 0) is 16.1 Å². The smallest absolute Gasteiger partial charge is 0.337 e. The van der Waals surface area contributed by atoms with Crippen LogP contribution in [0.5, 0.6) is 17.2 Å². The summed E-state index contributed by atoms with van der Waals surface area (Å²) < 4.78 is 23.1. The zero-order chi connectivity index (χ0) is 33.2. The minimum Gasteiger partial charge on any atom is -0.490 e. The number of benzene rings is 3. The molecule has 0 saturated heterocycles. The molecule has 0 unspecified atom stereocenters. The van der Waals surface area contributed by atoms with Crippen LogP contribution in [0.15, 0.2) is 75.4 Å². The summed E-state index contributed by atoms with van der Waals surface area (Å²) in [5.41, 5.74) is 5.53. The quantitative estimate of drug-likeness (QED) is 0.0820. The van der Waals surface area contributed by atoms with Crippen molar-refractivity contribution in [3.05, 3.63) is 97.6 Å². The van der Waals surface area contributed by atoms with Gasteiger partial charge in [-0.1, -0.05) is 35.9 Å². The summed E-state index contributed by atoms with van der Waals surface area (Å²) in [7, 11) is 1.26. The lowest BCUT2D eigenvalue weighted by atomic mass is 9.95. The third-order valence-electron chi connectivity index (χ3n) is 6.65. The Hall–Kier alpha value is -4.77. The minimum atomic E-state index is -1.22. The first-order valence-corrected chi connectivity index (χ1v) is 15.1. The van der Waals surface area contributed by atoms with E-state index in [0.29, 0.717) is 55.7 Å². The molecule has 46 heavy (non-hydrogen) atoms. The highest BCUT2D eigenvalue weighted by atomic mass is 79.9. The number of carbonyl (C=O) groups excluding carboxylic acids is 2. The van der Waals surface area contributed by atoms with E-state index in [-0.39, 0.29) is 18.8 Å². The molecular formula is C32H31BrClN5O7. The Morgan fingerprint density at radius 2 is 1.98 bits per heavy atom. The summed E-state index contributed by atoms with van der Waals surface area (Å²) in [6.07, 6.45) is 0.216. The number of nitrogens with one attached hydrogen (secondary N) is 3. The SMILES string of the molecule is CCOc1cc([C@@H]2NC(=O)NC(C)=C2C(=O)OC)ccc1OC[C@@H](O)N/N=C/c1cc(Cl)cc(Br)c1OCc1ccccc1C#N. The molecule has 1 aliphatic rings. The third kappa shape index (κ3) is 8.48. The number of esters is 1. The maximum atomic E-state index is 12.5. The lowest BCUT2D eigenvalue weighted by molar-refractivity contribution is -0.136. The number of aliphatic hydroxyl groups excluding tert-OH is 1. The second kappa shape index (κ2) is 16.0. The van der Waals surface area contributed by atoms with Gasteiger partial charge < -0.3 is 34.7 Å². The molecule has 0 spiro atoms. The van der Waals surface area contributed by atoms with Gasteiger partial charge in [-0.2, -0.15) is 10.4 Å². The van der Waals surface area contributed by atoms with Crippen LogP contribution in [0.25, 0.3) is 0 Å². The van der Waals surface area contributed by atoms with Gasteiger partial charge in [0.05, 0.1) is 47.7 Å². The number of allylic oxidation sites excluding steroid dienone is 1. The number of hydrogen-bond acceptors (Lipinski definition) is 10. The number of urea groups is 1. The van der Waals surface area contributed by atoms with Crippen molar-refractivity contribution < 1.29 is 33.6 Å². The zero-order valence-electron chi connectivity index (χ0n) is 25.1. The van der Waals surface area contributed by atoms with E-state index in [1.54, 1.807) is 62.4 Å². The lowest BCUT2D eigenvalue weighted by Gasteiger charge is -2.28. The van der Waals surface area contributed by atoms with Crippen molar-refractivity contribution >= 4 is 45.7 Å². The van der Waals surface area contributed by atoms with Crippen LogP contribution in [0, 0.1) is 11.3 Å². The van der Waals surface area contributed by atoms with Crippen molar-refractivity contribution in [2.24, 2.45) is 5.10 Å². The predicted octanol–water partition coefficient (Wildman–Crippen LogP) is 5.07. The van der Waals surface area contributed by atoms with Crippen LogP contribution in [0.1, 0.15) is 42.1 Å². The van der Waals surface area contributed by atoms with Crippen LogP contribution < -0.4 is 30.3 Å². The van der Waals surface area contributed by atoms with Crippen molar-refractivity contribution in [3.8, 4) is 23.3 Å². The van der Waals surface area contributed by atoms with Gasteiger partial charge in [0.2, 0.25) is 0 Å². The Kier molecular flexibility index (Phi) is 11.9. The summed E-state index contributed by atoms with van der Waals surface area (Å²) in [4.78, 5) is 24.6. The summed E-state index contributed by atoms with van der Waals surface area (Å²) in [5.74, 6) is 0.522. The van der Waals surface area contributed by atoms with Gasteiger partial charge in [-0.3, -0.25) is 5.43 Å². The molecule has 12 nitrogen and oxygen atoms in total. The second-order valence-electron chi connectivity index (χ2n) is 9.78. The first-order valence-electron chi connectivity index (χ1n) is 14.0. The molecule has 0 bridgehead atoms. The Balaban J connectivity index is 1.43. The van der Waals surface area contributed by atoms with Gasteiger partial charge >= 0.3 is 12.0 Å². The number of carbonyl (C=O) groups is 2. The number of nitriles is 1. The van der Waals surface area contributed by atoms with E-state index >= 15 is 0 Å². The number of aliphatic hydroxyl groups is 1. The van der Waals surface area contributed by atoms with Crippen LogP contribution in [0.2, 0.25) is 5.02 Å². The Morgan fingerprint density at radius 1 is 1.20 bits per heavy atom. The number of rotatable bonds is 13. The number of hydrazone groups is 1. The Bertz CT molecular complexity index is 1710. The molecule has 0 aliphatic carbocycles. The highest BCUT2D eigenvalue weighted by Gasteiger charge is 2.32. The number of ether oxygens (including phenoxy) is 4. The van der Waals surface area contributed by atoms with Crippen molar-refractivity contribution in [1.82, 2.24) is 16.1 Å². The summed E-state index contributed by atoms with van der Waals surface area (Å²) in [5, 5.41) is 29.8. The van der Waals surface area contributed by atoms with E-state index in [9.17, 15) is 20.0 Å². The van der Waals surface area contributed by atoms with E-state index in [1.165, 1.54) is 13.3 Å². The van der Waals surface area contributed by atoms with E-state index in [2.05, 4.69) is 43.2 Å². The zero-order valence-corrected chi connectivity index (χ0v) is 27.4. The second-order valence-corrected chi connectivity index (χ2v) is 11.1. The van der Waals surface area contributed by atoms with Gasteiger partial charge in [-0.15, -0.1) is 0 Å². The number of methoxy groups -OCH3 is 1. The lowest BCUT2D eigenvalue weighted by Crippen LogP contribution is -2.45. The van der Waals surface area contributed by atoms with Gasteiger partial charge in [0, 0.05) is 21.8 Å². The molecule has 0 radical (unpaired) electrons. The van der Waals surface area contributed by atoms with E-state index in [0.717, 1.165) is 5.56 Å². The maximum Gasteiger partial charge on any atom is 0.337 e. The van der Waals surface area contributed by atoms with Gasteiger partial charge in [0.25, 0.3) is 0 Å². The molecule has 240 valence electrons. The topological polar surface area (TPSA) is 164 Å². The fourth-order valence-corrected chi connectivity index (χ4v) is 5.50. The molecule has 2 amide bonds. The standard InChI is InChI=1S/C32H31BrClN5O7/c1-4-44-26-12-19(29-28(31(41)43-3)18(2)37-32(42)38-29)9-10-25(26)45-17-27(40)39-36-15-22-11-23(34)13-24(33)30(22)46-16-21-8-6-5-7-20(21)14-35/h5-13,15,27,29,39-40H,4,16-17H2,1-3H3,(H2,37,38,42)/b36-15+/t27-,29+/m1/s1. The molecule has 3 aromatic carbocycles. The summed E-state index contributed by atoms with van der Waals surface area (Å²) in [6.45, 7) is 3.65. The average molecular weight is 713 g/mol. The first-order chi connectivity index (χ1) is 22.1. The molecule has 14 heteroatoms. The molecule has 0 fully saturated rings. The van der Waals surface area contributed by atoms with Crippen LogP contribution in [-0.4, -0.2) is 49.9 Å². The minimum absolute atomic E-state index is 0.138. The first kappa shape index (κ1) is 34.1. The molecule has 2 atom stereocenters. The van der Waals surface area contributed by atoms with Gasteiger partial charge in [-0.25, -0.2) is 9.59 Å². The predicted molar refractivity (Wildman–Crippen MR) is 174 cm³/mol. The average Bonchev–Trinajstić information content (AvgIpc) is 3.03. The van der Waals surface area contributed by atoms with E-state index < -0.39 is 24.3 Å². The van der Waals surface area contributed by atoms with E-state index in [4.69, 9.17) is 30.5 Å². The monoisotopic (exact) mass is 711 g/mol. The van der Waals surface area contributed by atoms with Gasteiger partial charge in [0.1, 0.15) is 19.0 Å². The number of hydrogen-bond donors (Lipinski definition) is 4. The molecule has 1 heterocycles. The van der Waals surface area contributed by atoms with Crippen molar-refractivity contribution in [2.75, 3.05) is 20.3 Å². The Labute approximate surface area is 279 Å². The van der Waals surface area contributed by atoms with Crippen molar-refractivity contribution in [1.29, 1.82) is 5.26 Å². The van der Waals surface area contributed by atoms with Crippen LogP contribution >= 0.6 is 27.5 Å².